The molecule has 5 nitrogen and oxygen atoms in total. The zero-order chi connectivity index (χ0) is 38.7. The van der Waals surface area contributed by atoms with Crippen LogP contribution in [0.15, 0.2) is 188 Å². The van der Waals surface area contributed by atoms with Gasteiger partial charge >= 0.3 is 0 Å². The molecule has 0 unspecified atom stereocenters. The number of nitrogens with zero attached hydrogens (tertiary/aromatic N) is 5. The Morgan fingerprint density at radius 1 is 0.328 bits per heavy atom. The van der Waals surface area contributed by atoms with E-state index in [1.807, 2.05) is 84.9 Å². The van der Waals surface area contributed by atoms with E-state index in [0.29, 0.717) is 28.6 Å². The maximum Gasteiger partial charge on any atom is 0.164 e. The Bertz CT molecular complexity index is 3260. The van der Waals surface area contributed by atoms with Crippen LogP contribution < -0.4 is 0 Å². The van der Waals surface area contributed by atoms with Gasteiger partial charge in [-0.1, -0.05) is 115 Å². The molecule has 3 heterocycles. The summed E-state index contributed by atoms with van der Waals surface area (Å²) < 4.78 is 35.0. The van der Waals surface area contributed by atoms with Crippen LogP contribution in [-0.2, 0) is 0 Å². The van der Waals surface area contributed by atoms with Gasteiger partial charge in [0.05, 0.1) is 22.1 Å². The maximum atomic E-state index is 16.0. The predicted octanol–water partition coefficient (Wildman–Crippen LogP) is 13.0. The van der Waals surface area contributed by atoms with Crippen molar-refractivity contribution in [2.75, 3.05) is 0 Å². The Hall–Kier alpha value is -7.77. The first-order valence-corrected chi connectivity index (χ1v) is 19.1. The van der Waals surface area contributed by atoms with Gasteiger partial charge in [0.15, 0.2) is 17.5 Å². The highest BCUT2D eigenvalue weighted by Crippen LogP contribution is 2.40. The van der Waals surface area contributed by atoms with E-state index in [2.05, 4.69) is 94.1 Å². The summed E-state index contributed by atoms with van der Waals surface area (Å²) in [5.41, 5.74) is 9.09. The molecule has 0 aliphatic heterocycles. The second-order valence-corrected chi connectivity index (χ2v) is 14.3. The zero-order valence-electron chi connectivity index (χ0n) is 30.9. The van der Waals surface area contributed by atoms with Gasteiger partial charge in [-0.2, -0.15) is 0 Å². The summed E-state index contributed by atoms with van der Waals surface area (Å²) in [5.74, 6) is 0.00685. The molecule has 58 heavy (non-hydrogen) atoms. The van der Waals surface area contributed by atoms with E-state index < -0.39 is 11.6 Å². The molecule has 0 spiro atoms. The molecule has 0 saturated heterocycles. The van der Waals surface area contributed by atoms with Crippen LogP contribution in [0.2, 0.25) is 0 Å². The lowest BCUT2D eigenvalue weighted by Gasteiger charge is -2.16. The Morgan fingerprint density at radius 2 is 0.776 bits per heavy atom. The maximum absolute atomic E-state index is 16.0. The normalized spacial score (nSPS) is 11.6. The molecule has 11 rings (SSSR count). The summed E-state index contributed by atoms with van der Waals surface area (Å²) in [6.45, 7) is 0. The molecule has 7 heteroatoms. The lowest BCUT2D eigenvalue weighted by atomic mass is 9.97. The number of hydrogen-bond donors (Lipinski definition) is 0. The molecular weight excluding hydrogens is 721 g/mol. The SMILES string of the molecule is Fc1ccc(-c2cc(-n3c4ccccc4c4cc(-n5c6ccccc6c6ccccc65)ccc43)ccc2-c2nc(-c3ccccc3)nc(-c3ccccc3)n2)c(F)c1. The standard InChI is InChI=1S/C51H31F2N5/c52-34-23-26-37(44(53)29-34)42-30-35(24-27-41(42)51-55-49(32-13-3-1-4-14-32)54-50(56-51)33-15-5-2-6-16-33)58-47-22-12-9-19-40(47)43-31-36(25-28-48(43)58)57-45-20-10-7-17-38(45)39-18-8-11-21-46(39)57/h1-31H. The summed E-state index contributed by atoms with van der Waals surface area (Å²) >= 11 is 0. The predicted molar refractivity (Wildman–Crippen MR) is 230 cm³/mol. The largest absolute Gasteiger partial charge is 0.309 e. The van der Waals surface area contributed by atoms with E-state index in [9.17, 15) is 4.39 Å². The summed E-state index contributed by atoms with van der Waals surface area (Å²) in [6.07, 6.45) is 0. The van der Waals surface area contributed by atoms with Crippen LogP contribution >= 0.6 is 0 Å². The first-order chi connectivity index (χ1) is 28.6. The monoisotopic (exact) mass is 751 g/mol. The van der Waals surface area contributed by atoms with Crippen LogP contribution in [0.5, 0.6) is 0 Å². The van der Waals surface area contributed by atoms with E-state index in [1.54, 1.807) is 0 Å². The summed E-state index contributed by atoms with van der Waals surface area (Å²) in [4.78, 5) is 14.8. The number of fused-ring (bicyclic) bond motifs is 6. The number of hydrogen-bond acceptors (Lipinski definition) is 3. The fraction of sp³-hybridized carbons (Fsp3) is 0. The van der Waals surface area contributed by atoms with Crippen LogP contribution in [-0.4, -0.2) is 24.1 Å². The van der Waals surface area contributed by atoms with E-state index in [4.69, 9.17) is 15.0 Å². The van der Waals surface area contributed by atoms with Gasteiger partial charge in [-0.3, -0.25) is 0 Å². The van der Waals surface area contributed by atoms with Gasteiger partial charge in [0, 0.05) is 61.2 Å². The second-order valence-electron chi connectivity index (χ2n) is 14.3. The summed E-state index contributed by atoms with van der Waals surface area (Å²) in [7, 11) is 0. The molecule has 0 radical (unpaired) electrons. The molecule has 8 aromatic carbocycles. The van der Waals surface area contributed by atoms with Crippen LogP contribution in [0.25, 0.3) is 100 Å². The van der Waals surface area contributed by atoms with Crippen LogP contribution in [0.3, 0.4) is 0 Å². The highest BCUT2D eigenvalue weighted by molar-refractivity contribution is 6.12. The van der Waals surface area contributed by atoms with E-state index in [-0.39, 0.29) is 5.56 Å². The Labute approximate surface area is 331 Å². The van der Waals surface area contributed by atoms with Crippen molar-refractivity contribution < 1.29 is 8.78 Å². The van der Waals surface area contributed by atoms with Gasteiger partial charge in [-0.25, -0.2) is 23.7 Å². The molecule has 0 aliphatic carbocycles. The number of aromatic nitrogens is 5. The molecule has 274 valence electrons. The van der Waals surface area contributed by atoms with E-state index in [1.165, 1.54) is 22.9 Å². The molecule has 3 aromatic heterocycles. The summed E-state index contributed by atoms with van der Waals surface area (Å²) in [5, 5.41) is 4.56. The second kappa shape index (κ2) is 13.5. The van der Waals surface area contributed by atoms with E-state index in [0.717, 1.165) is 61.4 Å². The minimum absolute atomic E-state index is 0.232. The Balaban J connectivity index is 1.14. The number of para-hydroxylation sites is 3. The van der Waals surface area contributed by atoms with Crippen LogP contribution in [0, 0.1) is 11.6 Å². The van der Waals surface area contributed by atoms with Gasteiger partial charge < -0.3 is 9.13 Å². The topological polar surface area (TPSA) is 48.5 Å². The van der Waals surface area contributed by atoms with Gasteiger partial charge in [-0.05, 0) is 72.3 Å². The van der Waals surface area contributed by atoms with Crippen molar-refractivity contribution in [3.8, 4) is 56.7 Å². The molecule has 11 aromatic rings. The molecule has 0 N–H and O–H groups in total. The fourth-order valence-corrected chi connectivity index (χ4v) is 8.30. The van der Waals surface area contributed by atoms with Crippen LogP contribution in [0.1, 0.15) is 0 Å². The number of benzene rings is 8. The summed E-state index contributed by atoms with van der Waals surface area (Å²) in [6, 6.07) is 60.9. The molecular formula is C51H31F2N5. The average molecular weight is 752 g/mol. The van der Waals surface area contributed by atoms with Gasteiger partial charge in [0.2, 0.25) is 0 Å². The van der Waals surface area contributed by atoms with Crippen molar-refractivity contribution in [1.29, 1.82) is 0 Å². The lowest BCUT2D eigenvalue weighted by Crippen LogP contribution is -2.02. The molecule has 0 saturated carbocycles. The number of rotatable bonds is 6. The zero-order valence-corrected chi connectivity index (χ0v) is 30.9. The van der Waals surface area contributed by atoms with Crippen molar-refractivity contribution in [3.63, 3.8) is 0 Å². The highest BCUT2D eigenvalue weighted by atomic mass is 19.1. The molecule has 0 aliphatic rings. The van der Waals surface area contributed by atoms with Crippen LogP contribution in [0.4, 0.5) is 8.78 Å². The van der Waals surface area contributed by atoms with Crippen molar-refractivity contribution in [3.05, 3.63) is 200 Å². The molecule has 0 bridgehead atoms. The van der Waals surface area contributed by atoms with Crippen molar-refractivity contribution in [2.24, 2.45) is 0 Å². The number of halogens is 2. The quantitative estimate of drug-likeness (QED) is 0.170. The Kier molecular flexibility index (Phi) is 7.79. The Morgan fingerprint density at radius 3 is 1.34 bits per heavy atom. The molecule has 0 fully saturated rings. The highest BCUT2D eigenvalue weighted by Gasteiger charge is 2.21. The van der Waals surface area contributed by atoms with E-state index >= 15 is 4.39 Å². The third-order valence-electron chi connectivity index (χ3n) is 10.9. The van der Waals surface area contributed by atoms with Crippen molar-refractivity contribution >= 4 is 43.6 Å². The van der Waals surface area contributed by atoms with Crippen molar-refractivity contribution in [1.82, 2.24) is 24.1 Å². The van der Waals surface area contributed by atoms with Gasteiger partial charge in [0.25, 0.3) is 0 Å². The lowest BCUT2D eigenvalue weighted by molar-refractivity contribution is 0.585. The third kappa shape index (κ3) is 5.47. The van der Waals surface area contributed by atoms with Crippen molar-refractivity contribution in [2.45, 2.75) is 0 Å². The van der Waals surface area contributed by atoms with Gasteiger partial charge in [0.1, 0.15) is 11.6 Å². The minimum Gasteiger partial charge on any atom is -0.309 e. The fourth-order valence-electron chi connectivity index (χ4n) is 8.30. The molecule has 0 amide bonds. The average Bonchev–Trinajstić information content (AvgIpc) is 3.79. The molecule has 0 atom stereocenters. The smallest absolute Gasteiger partial charge is 0.164 e. The first-order valence-electron chi connectivity index (χ1n) is 19.1. The van der Waals surface area contributed by atoms with Gasteiger partial charge in [-0.15, -0.1) is 0 Å². The third-order valence-corrected chi connectivity index (χ3v) is 10.9. The first kappa shape index (κ1) is 33.6. The minimum atomic E-state index is -0.683.